The first-order valence-corrected chi connectivity index (χ1v) is 8.56. The van der Waals surface area contributed by atoms with Crippen LogP contribution in [0.4, 0.5) is 0 Å². The maximum Gasteiger partial charge on any atom is 0.176 e. The van der Waals surface area contributed by atoms with E-state index in [2.05, 4.69) is 24.3 Å². The third-order valence-electron chi connectivity index (χ3n) is 3.80. The first-order valence-electron chi connectivity index (χ1n) is 7.58. The van der Waals surface area contributed by atoms with Gasteiger partial charge < -0.3 is 9.47 Å². The number of Topliss-reactive ketones (excluding diaryl/α,β-unsaturated/α-hetero) is 1. The van der Waals surface area contributed by atoms with Crippen molar-refractivity contribution in [3.05, 3.63) is 66.2 Å². The van der Waals surface area contributed by atoms with Crippen molar-refractivity contribution in [2.75, 3.05) is 20.0 Å². The summed E-state index contributed by atoms with van der Waals surface area (Å²) in [6.45, 7) is 0. The zero-order valence-electron chi connectivity index (χ0n) is 13.6. The van der Waals surface area contributed by atoms with Crippen molar-refractivity contribution in [1.29, 1.82) is 0 Å². The quantitative estimate of drug-likeness (QED) is 0.476. The molecular weight excluding hydrogens is 320 g/mol. The normalized spacial score (nSPS) is 10.6. The van der Waals surface area contributed by atoms with Crippen molar-refractivity contribution in [2.24, 2.45) is 0 Å². The van der Waals surface area contributed by atoms with Gasteiger partial charge in [-0.3, -0.25) is 4.79 Å². The van der Waals surface area contributed by atoms with Crippen molar-refractivity contribution in [3.8, 4) is 11.5 Å². The average Bonchev–Trinajstić information content (AvgIpc) is 2.65. The molecular formula is C20H18O3S. The highest BCUT2D eigenvalue weighted by Gasteiger charge is 2.14. The summed E-state index contributed by atoms with van der Waals surface area (Å²) in [4.78, 5) is 13.6. The summed E-state index contributed by atoms with van der Waals surface area (Å²) >= 11 is 1.52. The van der Waals surface area contributed by atoms with Crippen LogP contribution in [-0.2, 0) is 0 Å². The van der Waals surface area contributed by atoms with Gasteiger partial charge in [0, 0.05) is 4.90 Å². The molecule has 0 aliphatic rings. The molecule has 3 rings (SSSR count). The number of thioether (sulfide) groups is 1. The molecule has 0 fully saturated rings. The summed E-state index contributed by atoms with van der Waals surface area (Å²) in [5, 5.41) is 2.37. The Morgan fingerprint density at radius 1 is 0.917 bits per heavy atom. The third kappa shape index (κ3) is 3.54. The zero-order valence-corrected chi connectivity index (χ0v) is 14.4. The zero-order chi connectivity index (χ0) is 16.9. The number of hydrogen-bond donors (Lipinski definition) is 0. The number of ether oxygens (including phenoxy) is 2. The summed E-state index contributed by atoms with van der Waals surface area (Å²) in [7, 11) is 3.15. The second kappa shape index (κ2) is 7.41. The van der Waals surface area contributed by atoms with Gasteiger partial charge in [0.1, 0.15) is 11.5 Å². The number of carbonyl (C=O) groups excluding carboxylic acids is 1. The Balaban J connectivity index is 1.77. The van der Waals surface area contributed by atoms with Gasteiger partial charge in [-0.25, -0.2) is 0 Å². The molecule has 0 aliphatic carbocycles. The number of benzene rings is 3. The summed E-state index contributed by atoms with van der Waals surface area (Å²) in [5.41, 5.74) is 0.546. The average molecular weight is 338 g/mol. The summed E-state index contributed by atoms with van der Waals surface area (Å²) in [6.07, 6.45) is 0. The van der Waals surface area contributed by atoms with E-state index in [1.54, 1.807) is 32.4 Å². The molecule has 0 atom stereocenters. The van der Waals surface area contributed by atoms with Crippen LogP contribution in [0.3, 0.4) is 0 Å². The number of ketones is 1. The van der Waals surface area contributed by atoms with Gasteiger partial charge in [-0.1, -0.05) is 30.3 Å². The molecule has 0 heterocycles. The highest BCUT2D eigenvalue weighted by atomic mass is 32.2. The van der Waals surface area contributed by atoms with Crippen LogP contribution in [0.15, 0.2) is 65.6 Å². The molecule has 0 aliphatic heterocycles. The molecule has 0 saturated heterocycles. The molecule has 0 radical (unpaired) electrons. The van der Waals surface area contributed by atoms with Crippen molar-refractivity contribution in [1.82, 2.24) is 0 Å². The number of methoxy groups -OCH3 is 2. The molecule has 122 valence electrons. The molecule has 0 aromatic heterocycles. The highest BCUT2D eigenvalue weighted by Crippen LogP contribution is 2.28. The standard InChI is InChI=1S/C20H18O3S/c1-22-16-8-10-20(23-2)18(12-16)19(21)13-24-17-9-7-14-5-3-4-6-15(14)11-17/h3-12H,13H2,1-2H3. The predicted molar refractivity (Wildman–Crippen MR) is 98.5 cm³/mol. The van der Waals surface area contributed by atoms with Crippen LogP contribution in [0.25, 0.3) is 10.8 Å². The topological polar surface area (TPSA) is 35.5 Å². The maximum atomic E-state index is 12.6. The fourth-order valence-electron chi connectivity index (χ4n) is 2.52. The minimum atomic E-state index is 0.0175. The third-order valence-corrected chi connectivity index (χ3v) is 4.79. The van der Waals surface area contributed by atoms with Crippen LogP contribution < -0.4 is 9.47 Å². The van der Waals surface area contributed by atoms with Crippen LogP contribution >= 0.6 is 11.8 Å². The van der Waals surface area contributed by atoms with Crippen LogP contribution in [-0.4, -0.2) is 25.8 Å². The lowest BCUT2D eigenvalue weighted by Crippen LogP contribution is -2.05. The molecule has 0 spiro atoms. The Morgan fingerprint density at radius 2 is 1.71 bits per heavy atom. The molecule has 0 amide bonds. The van der Waals surface area contributed by atoms with Gasteiger partial charge in [0.2, 0.25) is 0 Å². The molecule has 3 nitrogen and oxygen atoms in total. The van der Waals surface area contributed by atoms with Crippen molar-refractivity contribution >= 4 is 28.3 Å². The fraction of sp³-hybridized carbons (Fsp3) is 0.150. The van der Waals surface area contributed by atoms with E-state index in [-0.39, 0.29) is 5.78 Å². The fourth-order valence-corrected chi connectivity index (χ4v) is 3.34. The second-order valence-corrected chi connectivity index (χ2v) is 6.34. The Hall–Kier alpha value is -2.46. The van der Waals surface area contributed by atoms with E-state index in [0.717, 1.165) is 4.90 Å². The molecule has 0 saturated carbocycles. The maximum absolute atomic E-state index is 12.6. The van der Waals surface area contributed by atoms with E-state index in [1.165, 1.54) is 22.5 Å². The van der Waals surface area contributed by atoms with Crippen LogP contribution in [0.5, 0.6) is 11.5 Å². The Morgan fingerprint density at radius 3 is 2.46 bits per heavy atom. The van der Waals surface area contributed by atoms with Gasteiger partial charge >= 0.3 is 0 Å². The lowest BCUT2D eigenvalue weighted by atomic mass is 10.1. The number of fused-ring (bicyclic) bond motifs is 1. The van der Waals surface area contributed by atoms with E-state index in [4.69, 9.17) is 9.47 Å². The van der Waals surface area contributed by atoms with Gasteiger partial charge in [0.25, 0.3) is 0 Å². The Labute approximate surface area is 145 Å². The molecule has 3 aromatic rings. The van der Waals surface area contributed by atoms with Crippen molar-refractivity contribution in [2.45, 2.75) is 4.90 Å². The minimum Gasteiger partial charge on any atom is -0.497 e. The minimum absolute atomic E-state index is 0.0175. The lowest BCUT2D eigenvalue weighted by Gasteiger charge is -2.10. The Kier molecular flexibility index (Phi) is 5.06. The smallest absolute Gasteiger partial charge is 0.176 e. The van der Waals surface area contributed by atoms with E-state index >= 15 is 0 Å². The monoisotopic (exact) mass is 338 g/mol. The molecule has 3 aromatic carbocycles. The molecule has 0 N–H and O–H groups in total. The van der Waals surface area contributed by atoms with Gasteiger partial charge in [0.15, 0.2) is 5.78 Å². The van der Waals surface area contributed by atoms with Crippen molar-refractivity contribution < 1.29 is 14.3 Å². The largest absolute Gasteiger partial charge is 0.497 e. The molecule has 4 heteroatoms. The summed E-state index contributed by atoms with van der Waals surface area (Å²) < 4.78 is 10.5. The van der Waals surface area contributed by atoms with Gasteiger partial charge in [0.05, 0.1) is 25.5 Å². The van der Waals surface area contributed by atoms with Gasteiger partial charge in [-0.05, 0) is 41.1 Å². The van der Waals surface area contributed by atoms with Crippen LogP contribution in [0.2, 0.25) is 0 Å². The second-order valence-electron chi connectivity index (χ2n) is 5.29. The van der Waals surface area contributed by atoms with Crippen LogP contribution in [0, 0.1) is 0 Å². The molecule has 0 unspecified atom stereocenters. The van der Waals surface area contributed by atoms with Crippen LogP contribution in [0.1, 0.15) is 10.4 Å². The number of hydrogen-bond acceptors (Lipinski definition) is 4. The summed E-state index contributed by atoms with van der Waals surface area (Å²) in [6, 6.07) is 19.7. The van der Waals surface area contributed by atoms with Gasteiger partial charge in [-0.2, -0.15) is 0 Å². The molecule has 24 heavy (non-hydrogen) atoms. The van der Waals surface area contributed by atoms with E-state index in [1.807, 2.05) is 18.2 Å². The highest BCUT2D eigenvalue weighted by molar-refractivity contribution is 8.00. The molecule has 0 bridgehead atoms. The lowest BCUT2D eigenvalue weighted by molar-refractivity contribution is 0.101. The number of carbonyl (C=O) groups is 1. The first kappa shape index (κ1) is 16.4. The SMILES string of the molecule is COc1ccc(OC)c(C(=O)CSc2ccc3ccccc3c2)c1. The van der Waals surface area contributed by atoms with Crippen molar-refractivity contribution in [3.63, 3.8) is 0 Å². The summed E-state index contributed by atoms with van der Waals surface area (Å²) in [5.74, 6) is 1.58. The van der Waals surface area contributed by atoms with E-state index in [0.29, 0.717) is 22.8 Å². The Bertz CT molecular complexity index is 874. The van der Waals surface area contributed by atoms with E-state index < -0.39 is 0 Å². The number of rotatable bonds is 6. The first-order chi connectivity index (χ1) is 11.7. The van der Waals surface area contributed by atoms with E-state index in [9.17, 15) is 4.79 Å². The van der Waals surface area contributed by atoms with Gasteiger partial charge in [-0.15, -0.1) is 11.8 Å². The predicted octanol–water partition coefficient (Wildman–Crippen LogP) is 4.83.